The van der Waals surface area contributed by atoms with Crippen LogP contribution in [0.4, 0.5) is 0 Å². The van der Waals surface area contributed by atoms with Crippen LogP contribution < -0.4 is 113 Å². The molecule has 0 N–H and O–H groups in total. The van der Waals surface area contributed by atoms with Gasteiger partial charge < -0.3 is 10.2 Å². The fourth-order valence-electron chi connectivity index (χ4n) is 0.204. The number of rotatable bonds is 3. The van der Waals surface area contributed by atoms with Crippen LogP contribution in [0.3, 0.4) is 0 Å². The van der Waals surface area contributed by atoms with Crippen LogP contribution in [0.25, 0.3) is 0 Å². The summed E-state index contributed by atoms with van der Waals surface area (Å²) in [6, 6.07) is 0. The number of unbranched alkanes of at least 4 members (excludes halogenated alkanes) is 1. The number of hydrogen-bond acceptors (Lipinski definition) is 2. The SMILES string of the molecule is [K+].[K+].[O-]CCCC[O-]. The van der Waals surface area contributed by atoms with Crippen molar-refractivity contribution in [2.45, 2.75) is 12.8 Å². The summed E-state index contributed by atoms with van der Waals surface area (Å²) in [7, 11) is 0. The molecular formula is C4H8K2O2. The molecule has 0 unspecified atom stereocenters. The van der Waals surface area contributed by atoms with Gasteiger partial charge in [0.1, 0.15) is 0 Å². The van der Waals surface area contributed by atoms with Gasteiger partial charge in [-0.05, 0) is 0 Å². The molecule has 0 atom stereocenters. The van der Waals surface area contributed by atoms with Crippen molar-refractivity contribution in [3.63, 3.8) is 0 Å². The second-order valence-electron chi connectivity index (χ2n) is 1.12. The topological polar surface area (TPSA) is 46.1 Å². The zero-order valence-corrected chi connectivity index (χ0v) is 11.9. The third-order valence-corrected chi connectivity index (χ3v) is 0.539. The minimum absolute atomic E-state index is 0. The normalized spacial score (nSPS) is 6.75. The van der Waals surface area contributed by atoms with Gasteiger partial charge in [-0.1, -0.05) is 12.8 Å². The van der Waals surface area contributed by atoms with Crippen LogP contribution in [0, 0.1) is 0 Å². The van der Waals surface area contributed by atoms with E-state index in [0.29, 0.717) is 12.8 Å². The van der Waals surface area contributed by atoms with Gasteiger partial charge in [0.15, 0.2) is 0 Å². The maximum Gasteiger partial charge on any atom is 1.00 e. The van der Waals surface area contributed by atoms with Gasteiger partial charge in [0.25, 0.3) is 0 Å². The van der Waals surface area contributed by atoms with Crippen molar-refractivity contribution in [1.82, 2.24) is 0 Å². The Hall–Kier alpha value is 3.19. The van der Waals surface area contributed by atoms with Crippen LogP contribution in [0.15, 0.2) is 0 Å². The monoisotopic (exact) mass is 166 g/mol. The molecule has 4 heteroatoms. The summed E-state index contributed by atoms with van der Waals surface area (Å²) in [5.74, 6) is 0. The largest absolute Gasteiger partial charge is 1.00 e. The molecule has 2 nitrogen and oxygen atoms in total. The van der Waals surface area contributed by atoms with Crippen LogP contribution in [0.2, 0.25) is 0 Å². The van der Waals surface area contributed by atoms with Gasteiger partial charge >= 0.3 is 103 Å². The Kier molecular flexibility index (Phi) is 36.1. The molecule has 8 heavy (non-hydrogen) atoms. The molecule has 0 aliphatic carbocycles. The molecule has 0 aromatic rings. The summed E-state index contributed by atoms with van der Waals surface area (Å²) < 4.78 is 0. The van der Waals surface area contributed by atoms with Crippen LogP contribution in [-0.4, -0.2) is 13.2 Å². The maximum absolute atomic E-state index is 9.55. The summed E-state index contributed by atoms with van der Waals surface area (Å²) in [5, 5.41) is 19.1. The van der Waals surface area contributed by atoms with E-state index in [2.05, 4.69) is 0 Å². The Morgan fingerprint density at radius 3 is 1.12 bits per heavy atom. The third-order valence-electron chi connectivity index (χ3n) is 0.539. The Balaban J connectivity index is -0.000000125. The van der Waals surface area contributed by atoms with Gasteiger partial charge in [-0.15, -0.1) is 13.2 Å². The molecule has 38 valence electrons. The molecule has 0 heterocycles. The molecule has 0 radical (unpaired) electrons. The van der Waals surface area contributed by atoms with E-state index < -0.39 is 0 Å². The van der Waals surface area contributed by atoms with Gasteiger partial charge in [0.2, 0.25) is 0 Å². The zero-order chi connectivity index (χ0) is 4.83. The summed E-state index contributed by atoms with van der Waals surface area (Å²) in [6.07, 6.45) is 1.09. The Bertz CT molecular complexity index is 24.0. The maximum atomic E-state index is 9.55. The Labute approximate surface area is 135 Å². The molecule has 0 aromatic heterocycles. The van der Waals surface area contributed by atoms with Crippen LogP contribution in [0.5, 0.6) is 0 Å². The average molecular weight is 166 g/mol. The van der Waals surface area contributed by atoms with Crippen molar-refractivity contribution < 1.29 is 113 Å². The fourth-order valence-corrected chi connectivity index (χ4v) is 0.204. The standard InChI is InChI=1S/C4H8O2.2K/c5-3-1-2-4-6;;/h1-4H2;;/q-2;2*+1. The summed E-state index contributed by atoms with van der Waals surface area (Å²) in [5.41, 5.74) is 0. The minimum Gasteiger partial charge on any atom is -0.854 e. The van der Waals surface area contributed by atoms with Crippen molar-refractivity contribution >= 4 is 0 Å². The predicted octanol–water partition coefficient (Wildman–Crippen LogP) is -7.50. The molecule has 0 bridgehead atoms. The minimum atomic E-state index is -0.0950. The molecule has 0 rings (SSSR count). The molecule has 0 fully saturated rings. The second-order valence-corrected chi connectivity index (χ2v) is 1.12. The van der Waals surface area contributed by atoms with E-state index in [1.165, 1.54) is 0 Å². The molecule has 0 aliphatic rings. The molecule has 0 spiro atoms. The quantitative estimate of drug-likeness (QED) is 0.309. The second kappa shape index (κ2) is 16.6. The van der Waals surface area contributed by atoms with E-state index in [1.807, 2.05) is 0 Å². The van der Waals surface area contributed by atoms with Gasteiger partial charge in [-0.25, -0.2) is 0 Å². The Morgan fingerprint density at radius 2 is 1.00 bits per heavy atom. The van der Waals surface area contributed by atoms with E-state index in [0.717, 1.165) is 0 Å². The Morgan fingerprint density at radius 1 is 0.750 bits per heavy atom. The predicted molar refractivity (Wildman–Crippen MR) is 19.0 cm³/mol. The van der Waals surface area contributed by atoms with Gasteiger partial charge in [0, 0.05) is 0 Å². The van der Waals surface area contributed by atoms with Gasteiger partial charge in [-0.3, -0.25) is 0 Å². The van der Waals surface area contributed by atoms with Crippen molar-refractivity contribution in [2.75, 3.05) is 13.2 Å². The van der Waals surface area contributed by atoms with Crippen molar-refractivity contribution in [1.29, 1.82) is 0 Å². The van der Waals surface area contributed by atoms with Crippen LogP contribution in [0.1, 0.15) is 12.8 Å². The number of hydrogen-bond donors (Lipinski definition) is 0. The molecule has 0 aromatic carbocycles. The first kappa shape index (κ1) is 17.3. The van der Waals surface area contributed by atoms with Crippen LogP contribution in [-0.2, 0) is 0 Å². The van der Waals surface area contributed by atoms with Crippen LogP contribution >= 0.6 is 0 Å². The first-order valence-corrected chi connectivity index (χ1v) is 2.08. The summed E-state index contributed by atoms with van der Waals surface area (Å²) in [6.45, 7) is -0.190. The van der Waals surface area contributed by atoms with Gasteiger partial charge in [0.05, 0.1) is 0 Å². The van der Waals surface area contributed by atoms with E-state index in [-0.39, 0.29) is 116 Å². The molecule has 0 aliphatic heterocycles. The van der Waals surface area contributed by atoms with E-state index >= 15 is 0 Å². The van der Waals surface area contributed by atoms with Gasteiger partial charge in [-0.2, -0.15) is 0 Å². The molecule has 0 saturated heterocycles. The summed E-state index contributed by atoms with van der Waals surface area (Å²) >= 11 is 0. The smallest absolute Gasteiger partial charge is 0.854 e. The van der Waals surface area contributed by atoms with Crippen molar-refractivity contribution in [3.8, 4) is 0 Å². The first-order valence-electron chi connectivity index (χ1n) is 2.08. The molecule has 0 saturated carbocycles. The van der Waals surface area contributed by atoms with Crippen molar-refractivity contribution in [2.24, 2.45) is 0 Å². The van der Waals surface area contributed by atoms with E-state index in [9.17, 15) is 10.2 Å². The van der Waals surface area contributed by atoms with Crippen molar-refractivity contribution in [3.05, 3.63) is 0 Å². The van der Waals surface area contributed by atoms with E-state index in [1.54, 1.807) is 0 Å². The summed E-state index contributed by atoms with van der Waals surface area (Å²) in [4.78, 5) is 0. The molecular weight excluding hydrogens is 158 g/mol. The molecule has 0 amide bonds. The fraction of sp³-hybridized carbons (Fsp3) is 1.00. The third kappa shape index (κ3) is 16.1. The van der Waals surface area contributed by atoms with E-state index in [4.69, 9.17) is 0 Å². The zero-order valence-electron chi connectivity index (χ0n) is 5.64. The first-order chi connectivity index (χ1) is 2.91. The average Bonchev–Trinajstić information content (AvgIpc) is 1.61.